The lowest BCUT2D eigenvalue weighted by atomic mass is 10.0. The Morgan fingerprint density at radius 2 is 1.95 bits per heavy atom. The lowest BCUT2D eigenvalue weighted by Crippen LogP contribution is -2.13. The quantitative estimate of drug-likeness (QED) is 0.800. The number of nitrogens with zero attached hydrogens (tertiary/aromatic N) is 2. The van der Waals surface area contributed by atoms with E-state index in [2.05, 4.69) is 29.4 Å². The number of hydrogen-bond acceptors (Lipinski definition) is 2. The minimum atomic E-state index is 0.0273. The molecule has 0 atom stereocenters. The van der Waals surface area contributed by atoms with Crippen LogP contribution in [0.4, 0.5) is 5.69 Å². The summed E-state index contributed by atoms with van der Waals surface area (Å²) in [6, 6.07) is 12.0. The number of carbonyl (C=O) groups excluding carboxylic acids is 1. The first kappa shape index (κ1) is 14.3. The molecule has 0 aliphatic carbocycles. The molecule has 2 heterocycles. The molecule has 112 valence electrons. The molecule has 2 aromatic heterocycles. The van der Waals surface area contributed by atoms with Gasteiger partial charge in [-0.25, -0.2) is 4.98 Å². The number of imidazole rings is 1. The number of amides is 1. The summed E-state index contributed by atoms with van der Waals surface area (Å²) in [6.45, 7) is 4.02. The smallest absolute Gasteiger partial charge is 0.224 e. The van der Waals surface area contributed by atoms with Crippen LogP contribution in [0.1, 0.15) is 23.2 Å². The third-order valence-corrected chi connectivity index (χ3v) is 3.74. The van der Waals surface area contributed by atoms with Gasteiger partial charge in [0, 0.05) is 18.8 Å². The Kier molecular flexibility index (Phi) is 3.92. The molecule has 22 heavy (non-hydrogen) atoms. The zero-order valence-electron chi connectivity index (χ0n) is 12.8. The van der Waals surface area contributed by atoms with Gasteiger partial charge in [-0.15, -0.1) is 0 Å². The molecule has 0 fully saturated rings. The number of aryl methyl sites for hydroxylation is 3. The number of pyridine rings is 1. The Morgan fingerprint density at radius 1 is 1.14 bits per heavy atom. The highest BCUT2D eigenvalue weighted by Gasteiger charge is 2.06. The van der Waals surface area contributed by atoms with Crippen LogP contribution < -0.4 is 5.32 Å². The van der Waals surface area contributed by atoms with Gasteiger partial charge in [-0.3, -0.25) is 4.79 Å². The maximum absolute atomic E-state index is 12.1. The van der Waals surface area contributed by atoms with Gasteiger partial charge in [-0.2, -0.15) is 0 Å². The van der Waals surface area contributed by atoms with Gasteiger partial charge < -0.3 is 9.72 Å². The number of rotatable bonds is 4. The molecule has 4 nitrogen and oxygen atoms in total. The van der Waals surface area contributed by atoms with Gasteiger partial charge in [-0.05, 0) is 43.5 Å². The number of anilines is 1. The third-order valence-electron chi connectivity index (χ3n) is 3.74. The van der Waals surface area contributed by atoms with Crippen molar-refractivity contribution in [2.75, 3.05) is 5.32 Å². The molecule has 0 radical (unpaired) electrons. The first-order valence-electron chi connectivity index (χ1n) is 7.41. The summed E-state index contributed by atoms with van der Waals surface area (Å²) in [7, 11) is 0. The van der Waals surface area contributed by atoms with Gasteiger partial charge >= 0.3 is 0 Å². The fourth-order valence-corrected chi connectivity index (χ4v) is 2.55. The molecule has 0 unspecified atom stereocenters. The fourth-order valence-electron chi connectivity index (χ4n) is 2.55. The molecule has 0 spiro atoms. The minimum Gasteiger partial charge on any atom is -0.325 e. The van der Waals surface area contributed by atoms with Crippen LogP contribution in [0.15, 0.2) is 48.8 Å². The Hall–Kier alpha value is -2.62. The van der Waals surface area contributed by atoms with E-state index in [0.717, 1.165) is 23.4 Å². The van der Waals surface area contributed by atoms with Crippen LogP contribution in [0, 0.1) is 13.8 Å². The van der Waals surface area contributed by atoms with Gasteiger partial charge in [0.2, 0.25) is 5.91 Å². The van der Waals surface area contributed by atoms with Gasteiger partial charge in [0.05, 0.1) is 11.4 Å². The highest BCUT2D eigenvalue weighted by Crippen LogP contribution is 2.13. The Morgan fingerprint density at radius 3 is 2.77 bits per heavy atom. The van der Waals surface area contributed by atoms with Crippen LogP contribution in [0.3, 0.4) is 0 Å². The number of hydrogen-bond donors (Lipinski definition) is 1. The maximum Gasteiger partial charge on any atom is 0.224 e. The zero-order chi connectivity index (χ0) is 15.5. The average Bonchev–Trinajstić information content (AvgIpc) is 2.86. The van der Waals surface area contributed by atoms with E-state index >= 15 is 0 Å². The molecule has 1 N–H and O–H groups in total. The molecule has 0 saturated carbocycles. The summed E-state index contributed by atoms with van der Waals surface area (Å²) in [6.07, 6.45) is 5.07. The Bertz CT molecular complexity index is 820. The van der Waals surface area contributed by atoms with Gasteiger partial charge in [0.1, 0.15) is 5.65 Å². The van der Waals surface area contributed by atoms with Gasteiger partial charge in [0.25, 0.3) is 0 Å². The van der Waals surface area contributed by atoms with Crippen molar-refractivity contribution < 1.29 is 4.79 Å². The van der Waals surface area contributed by atoms with Crippen LogP contribution in [-0.2, 0) is 11.2 Å². The van der Waals surface area contributed by atoms with Crippen molar-refractivity contribution in [3.63, 3.8) is 0 Å². The van der Waals surface area contributed by atoms with E-state index in [4.69, 9.17) is 0 Å². The number of nitrogens with one attached hydrogen (secondary N) is 1. The van der Waals surface area contributed by atoms with Crippen LogP contribution >= 0.6 is 0 Å². The van der Waals surface area contributed by atoms with Crippen LogP contribution in [0.2, 0.25) is 0 Å². The Balaban J connectivity index is 1.64. The summed E-state index contributed by atoms with van der Waals surface area (Å²) in [5.41, 5.74) is 5.09. The molecule has 1 amide bonds. The van der Waals surface area contributed by atoms with Gasteiger partial charge in [-0.1, -0.05) is 24.3 Å². The number of benzene rings is 1. The standard InChI is InChI=1S/C18H19N3O/c1-13-5-3-4-6-15(13)7-10-18(22)20-16-8-9-17-19-14(2)11-21(17)12-16/h3-6,8-9,11-12H,7,10H2,1-2H3,(H,20,22). The summed E-state index contributed by atoms with van der Waals surface area (Å²) in [4.78, 5) is 16.5. The van der Waals surface area contributed by atoms with Crippen molar-refractivity contribution in [1.82, 2.24) is 9.38 Å². The van der Waals surface area contributed by atoms with E-state index in [1.807, 2.05) is 48.0 Å². The minimum absolute atomic E-state index is 0.0273. The second-order valence-electron chi connectivity index (χ2n) is 5.54. The number of fused-ring (bicyclic) bond motifs is 1. The van der Waals surface area contributed by atoms with Crippen LogP contribution in [0.25, 0.3) is 5.65 Å². The van der Waals surface area contributed by atoms with E-state index in [-0.39, 0.29) is 5.91 Å². The predicted octanol–water partition coefficient (Wildman–Crippen LogP) is 3.52. The van der Waals surface area contributed by atoms with Crippen molar-refractivity contribution in [1.29, 1.82) is 0 Å². The van der Waals surface area contributed by atoms with Crippen molar-refractivity contribution in [2.45, 2.75) is 26.7 Å². The average molecular weight is 293 g/mol. The zero-order valence-corrected chi connectivity index (χ0v) is 12.8. The van der Waals surface area contributed by atoms with Crippen molar-refractivity contribution >= 4 is 17.2 Å². The summed E-state index contributed by atoms with van der Waals surface area (Å²) in [5.74, 6) is 0.0273. The molecule has 4 heteroatoms. The molecule has 0 aliphatic rings. The topological polar surface area (TPSA) is 46.4 Å². The highest BCUT2D eigenvalue weighted by molar-refractivity contribution is 5.90. The fraction of sp³-hybridized carbons (Fsp3) is 0.222. The first-order valence-corrected chi connectivity index (χ1v) is 7.41. The highest BCUT2D eigenvalue weighted by atomic mass is 16.1. The van der Waals surface area contributed by atoms with E-state index in [1.54, 1.807) is 0 Å². The lowest BCUT2D eigenvalue weighted by Gasteiger charge is -2.07. The molecular formula is C18H19N3O. The van der Waals surface area contributed by atoms with E-state index in [9.17, 15) is 4.79 Å². The first-order chi connectivity index (χ1) is 10.6. The molecule has 0 saturated heterocycles. The van der Waals surface area contributed by atoms with Crippen molar-refractivity contribution in [2.24, 2.45) is 0 Å². The molecular weight excluding hydrogens is 274 g/mol. The molecule has 0 aliphatic heterocycles. The maximum atomic E-state index is 12.1. The molecule has 0 bridgehead atoms. The second-order valence-corrected chi connectivity index (χ2v) is 5.54. The summed E-state index contributed by atoms with van der Waals surface area (Å²) in [5, 5.41) is 2.95. The van der Waals surface area contributed by atoms with Crippen molar-refractivity contribution in [3.8, 4) is 0 Å². The number of aromatic nitrogens is 2. The molecule has 1 aromatic carbocycles. The predicted molar refractivity (Wildman–Crippen MR) is 88.1 cm³/mol. The summed E-state index contributed by atoms with van der Waals surface area (Å²) >= 11 is 0. The SMILES string of the molecule is Cc1cn2cc(NC(=O)CCc3ccccc3C)ccc2n1. The number of carbonyl (C=O) groups is 1. The van der Waals surface area contributed by atoms with Crippen LogP contribution in [-0.4, -0.2) is 15.3 Å². The van der Waals surface area contributed by atoms with Crippen LogP contribution in [0.5, 0.6) is 0 Å². The summed E-state index contributed by atoms with van der Waals surface area (Å²) < 4.78 is 1.92. The normalized spacial score (nSPS) is 10.8. The van der Waals surface area contributed by atoms with E-state index in [1.165, 1.54) is 11.1 Å². The van der Waals surface area contributed by atoms with E-state index < -0.39 is 0 Å². The second kappa shape index (κ2) is 6.02. The van der Waals surface area contributed by atoms with Crippen molar-refractivity contribution in [3.05, 3.63) is 65.6 Å². The third kappa shape index (κ3) is 3.17. The Labute approximate surface area is 129 Å². The molecule has 3 rings (SSSR count). The molecule has 3 aromatic rings. The lowest BCUT2D eigenvalue weighted by molar-refractivity contribution is -0.116. The van der Waals surface area contributed by atoms with Gasteiger partial charge in [0.15, 0.2) is 0 Å². The van der Waals surface area contributed by atoms with E-state index in [0.29, 0.717) is 6.42 Å². The largest absolute Gasteiger partial charge is 0.325 e. The monoisotopic (exact) mass is 293 g/mol.